The number of aliphatic hydroxyl groups excluding tert-OH is 1. The second kappa shape index (κ2) is 8.74. The van der Waals surface area contributed by atoms with Crippen molar-refractivity contribution in [2.24, 2.45) is 0 Å². The summed E-state index contributed by atoms with van der Waals surface area (Å²) < 4.78 is 16.0. The highest BCUT2D eigenvalue weighted by molar-refractivity contribution is 5.54. The maximum absolute atomic E-state index is 9.58. The van der Waals surface area contributed by atoms with Gasteiger partial charge in [0, 0.05) is 6.04 Å². The van der Waals surface area contributed by atoms with Crippen molar-refractivity contribution in [3.05, 3.63) is 17.7 Å². The van der Waals surface area contributed by atoms with E-state index < -0.39 is 0 Å². The minimum atomic E-state index is -0.246. The maximum Gasteiger partial charge on any atom is 0.203 e. The van der Waals surface area contributed by atoms with E-state index in [4.69, 9.17) is 14.2 Å². The van der Waals surface area contributed by atoms with Crippen molar-refractivity contribution in [2.45, 2.75) is 38.8 Å². The number of aliphatic hydroxyl groups is 1. The average molecular weight is 297 g/mol. The Bertz CT molecular complexity index is 411. The highest BCUT2D eigenvalue weighted by Crippen LogP contribution is 2.39. The lowest BCUT2D eigenvalue weighted by Crippen LogP contribution is -2.23. The van der Waals surface area contributed by atoms with E-state index in [0.717, 1.165) is 24.9 Å². The second-order valence-electron chi connectivity index (χ2n) is 4.99. The van der Waals surface area contributed by atoms with Gasteiger partial charge in [-0.05, 0) is 44.0 Å². The molecule has 120 valence electrons. The largest absolute Gasteiger partial charge is 0.493 e. The fraction of sp³-hybridized carbons (Fsp3) is 0.625. The van der Waals surface area contributed by atoms with Crippen LogP contribution in [0.25, 0.3) is 0 Å². The van der Waals surface area contributed by atoms with Crippen LogP contribution in [0.4, 0.5) is 0 Å². The summed E-state index contributed by atoms with van der Waals surface area (Å²) in [5, 5.41) is 13.0. The first-order chi connectivity index (χ1) is 10.1. The molecule has 1 aromatic rings. The van der Waals surface area contributed by atoms with Crippen LogP contribution in [0.5, 0.6) is 17.2 Å². The molecule has 0 amide bonds. The Kier molecular flexibility index (Phi) is 7.32. The Morgan fingerprint density at radius 3 is 2.10 bits per heavy atom. The molecule has 2 N–H and O–H groups in total. The van der Waals surface area contributed by atoms with E-state index >= 15 is 0 Å². The van der Waals surface area contributed by atoms with Gasteiger partial charge < -0.3 is 24.6 Å². The van der Waals surface area contributed by atoms with Crippen molar-refractivity contribution in [3.8, 4) is 17.2 Å². The molecular weight excluding hydrogens is 270 g/mol. The molecule has 0 spiro atoms. The molecule has 5 heteroatoms. The lowest BCUT2D eigenvalue weighted by atomic mass is 10.1. The molecule has 1 rings (SSSR count). The fourth-order valence-corrected chi connectivity index (χ4v) is 2.14. The third kappa shape index (κ3) is 4.79. The Morgan fingerprint density at radius 1 is 1.10 bits per heavy atom. The van der Waals surface area contributed by atoms with Gasteiger partial charge in [-0.2, -0.15) is 0 Å². The summed E-state index contributed by atoms with van der Waals surface area (Å²) >= 11 is 0. The van der Waals surface area contributed by atoms with Gasteiger partial charge in [0.05, 0.1) is 27.4 Å². The van der Waals surface area contributed by atoms with Gasteiger partial charge in [0.1, 0.15) is 0 Å². The lowest BCUT2D eigenvalue weighted by Gasteiger charge is -2.19. The third-order valence-electron chi connectivity index (χ3n) is 3.59. The minimum absolute atomic E-state index is 0.128. The highest BCUT2D eigenvalue weighted by Gasteiger charge is 2.16. The summed E-state index contributed by atoms with van der Waals surface area (Å²) in [7, 11) is 4.81. The molecular formula is C16H27NO4. The summed E-state index contributed by atoms with van der Waals surface area (Å²) in [5.74, 6) is 1.89. The number of nitrogens with one attached hydrogen (secondary N) is 1. The van der Waals surface area contributed by atoms with Crippen molar-refractivity contribution in [3.63, 3.8) is 0 Å². The van der Waals surface area contributed by atoms with Crippen LogP contribution in [-0.4, -0.2) is 39.1 Å². The van der Waals surface area contributed by atoms with Gasteiger partial charge in [0.25, 0.3) is 0 Å². The summed E-state index contributed by atoms with van der Waals surface area (Å²) in [6, 6.07) is 4.01. The van der Waals surface area contributed by atoms with Crippen molar-refractivity contribution >= 4 is 0 Å². The Hall–Kier alpha value is -1.46. The molecule has 0 saturated carbocycles. The SMILES string of the molecule is CCC(O)CCNC(C)c1cc(OC)c(OC)c(OC)c1. The van der Waals surface area contributed by atoms with Crippen LogP contribution >= 0.6 is 0 Å². The van der Waals surface area contributed by atoms with Gasteiger partial charge in [0.2, 0.25) is 5.75 Å². The zero-order chi connectivity index (χ0) is 15.8. The van der Waals surface area contributed by atoms with Crippen LogP contribution in [-0.2, 0) is 0 Å². The predicted octanol–water partition coefficient (Wildman–Crippen LogP) is 2.52. The summed E-state index contributed by atoms with van der Waals surface area (Å²) in [6.45, 7) is 4.80. The molecule has 0 bridgehead atoms. The van der Waals surface area contributed by atoms with E-state index in [1.54, 1.807) is 21.3 Å². The number of methoxy groups -OCH3 is 3. The van der Waals surface area contributed by atoms with Gasteiger partial charge in [0.15, 0.2) is 11.5 Å². The van der Waals surface area contributed by atoms with Crippen molar-refractivity contribution in [1.29, 1.82) is 0 Å². The van der Waals surface area contributed by atoms with Gasteiger partial charge in [-0.3, -0.25) is 0 Å². The van der Waals surface area contributed by atoms with Crippen LogP contribution in [0, 0.1) is 0 Å². The zero-order valence-electron chi connectivity index (χ0n) is 13.6. The quantitative estimate of drug-likeness (QED) is 0.733. The monoisotopic (exact) mass is 297 g/mol. The summed E-state index contributed by atoms with van der Waals surface area (Å²) in [5.41, 5.74) is 1.05. The van der Waals surface area contributed by atoms with E-state index in [0.29, 0.717) is 17.2 Å². The first kappa shape index (κ1) is 17.6. The molecule has 0 aliphatic carbocycles. The van der Waals surface area contributed by atoms with E-state index in [2.05, 4.69) is 12.2 Å². The van der Waals surface area contributed by atoms with Gasteiger partial charge in [-0.15, -0.1) is 0 Å². The predicted molar refractivity (Wildman–Crippen MR) is 83.4 cm³/mol. The molecule has 5 nitrogen and oxygen atoms in total. The van der Waals surface area contributed by atoms with Crippen molar-refractivity contribution in [2.75, 3.05) is 27.9 Å². The number of benzene rings is 1. The highest BCUT2D eigenvalue weighted by atomic mass is 16.5. The number of ether oxygens (including phenoxy) is 3. The molecule has 0 aliphatic rings. The van der Waals surface area contributed by atoms with Gasteiger partial charge in [-0.1, -0.05) is 6.92 Å². The molecule has 0 aliphatic heterocycles. The minimum Gasteiger partial charge on any atom is -0.493 e. The standard InChI is InChI=1S/C16H27NO4/c1-6-13(18)7-8-17-11(2)12-9-14(19-3)16(21-5)15(10-12)20-4/h9-11,13,17-18H,6-8H2,1-5H3. The molecule has 2 atom stereocenters. The molecule has 0 aromatic heterocycles. The van der Waals surface area contributed by atoms with E-state index in [9.17, 15) is 5.11 Å². The summed E-state index contributed by atoms with van der Waals surface area (Å²) in [4.78, 5) is 0. The van der Waals surface area contributed by atoms with Crippen LogP contribution in [0.3, 0.4) is 0 Å². The molecule has 0 radical (unpaired) electrons. The van der Waals surface area contributed by atoms with Crippen molar-refractivity contribution in [1.82, 2.24) is 5.32 Å². The topological polar surface area (TPSA) is 60.0 Å². The Labute approximate surface area is 127 Å². The van der Waals surface area contributed by atoms with E-state index in [-0.39, 0.29) is 12.1 Å². The smallest absolute Gasteiger partial charge is 0.203 e. The van der Waals surface area contributed by atoms with E-state index in [1.807, 2.05) is 19.1 Å². The van der Waals surface area contributed by atoms with Gasteiger partial charge in [-0.25, -0.2) is 0 Å². The Morgan fingerprint density at radius 2 is 1.67 bits per heavy atom. The van der Waals surface area contributed by atoms with Crippen LogP contribution in [0.1, 0.15) is 38.3 Å². The number of rotatable bonds is 9. The maximum atomic E-state index is 9.58. The molecule has 0 saturated heterocycles. The summed E-state index contributed by atoms with van der Waals surface area (Å²) in [6.07, 6.45) is 1.27. The lowest BCUT2D eigenvalue weighted by molar-refractivity contribution is 0.159. The average Bonchev–Trinajstić information content (AvgIpc) is 2.52. The molecule has 0 heterocycles. The molecule has 2 unspecified atom stereocenters. The van der Waals surface area contributed by atoms with Crippen molar-refractivity contribution < 1.29 is 19.3 Å². The third-order valence-corrected chi connectivity index (χ3v) is 3.59. The molecule has 0 fully saturated rings. The second-order valence-corrected chi connectivity index (χ2v) is 4.99. The molecule has 1 aromatic carbocycles. The Balaban J connectivity index is 2.82. The first-order valence-electron chi connectivity index (χ1n) is 7.28. The van der Waals surface area contributed by atoms with Crippen LogP contribution in [0.15, 0.2) is 12.1 Å². The normalized spacial score (nSPS) is 13.6. The number of hydrogen-bond acceptors (Lipinski definition) is 5. The fourth-order valence-electron chi connectivity index (χ4n) is 2.14. The zero-order valence-corrected chi connectivity index (χ0v) is 13.6. The number of hydrogen-bond donors (Lipinski definition) is 2. The van der Waals surface area contributed by atoms with E-state index in [1.165, 1.54) is 0 Å². The first-order valence-corrected chi connectivity index (χ1v) is 7.28. The van der Waals surface area contributed by atoms with Gasteiger partial charge >= 0.3 is 0 Å². The molecule has 21 heavy (non-hydrogen) atoms. The van der Waals surface area contributed by atoms with Crippen LogP contribution < -0.4 is 19.5 Å². The van der Waals surface area contributed by atoms with Crippen LogP contribution in [0.2, 0.25) is 0 Å².